The molecular weight excluding hydrogens is 660 g/mol. The number of nitrogens with zero attached hydrogens (tertiary/aromatic N) is 2. The van der Waals surface area contributed by atoms with Crippen molar-refractivity contribution in [2.45, 2.75) is 52.4 Å². The number of rotatable bonds is 2. The van der Waals surface area contributed by atoms with E-state index >= 15 is 0 Å². The van der Waals surface area contributed by atoms with Crippen LogP contribution in [0.15, 0.2) is 132 Å². The lowest BCUT2D eigenvalue weighted by Crippen LogP contribution is -2.10. The van der Waals surface area contributed by atoms with Crippen LogP contribution in [0.4, 0.5) is 0 Å². The van der Waals surface area contributed by atoms with Crippen LogP contribution in [0.5, 0.6) is 0 Å². The third-order valence-electron chi connectivity index (χ3n) is 10.5. The van der Waals surface area contributed by atoms with Crippen molar-refractivity contribution < 1.29 is 0 Å². The summed E-state index contributed by atoms with van der Waals surface area (Å²) in [4.78, 5) is 0. The first-order chi connectivity index (χ1) is 23.5. The predicted molar refractivity (Wildman–Crippen MR) is 215 cm³/mol. The molecule has 0 aliphatic rings. The number of halogens is 1. The van der Waals surface area contributed by atoms with Crippen molar-refractivity contribution in [3.05, 3.63) is 143 Å². The molecule has 240 valence electrons. The maximum absolute atomic E-state index is 4.23. The molecule has 0 radical (unpaired) electrons. The average molecular weight is 700 g/mol. The molecule has 49 heavy (non-hydrogen) atoms. The first-order valence-corrected chi connectivity index (χ1v) is 18.0. The van der Waals surface area contributed by atoms with Crippen molar-refractivity contribution >= 4 is 81.1 Å². The quantitative estimate of drug-likeness (QED) is 0.170. The van der Waals surface area contributed by atoms with Crippen molar-refractivity contribution in [2.75, 3.05) is 0 Å². The zero-order valence-electron chi connectivity index (χ0n) is 28.9. The van der Waals surface area contributed by atoms with Crippen LogP contribution in [-0.4, -0.2) is 9.13 Å². The second-order valence-electron chi connectivity index (χ2n) is 15.6. The van der Waals surface area contributed by atoms with Gasteiger partial charge in [0.1, 0.15) is 0 Å². The van der Waals surface area contributed by atoms with Gasteiger partial charge in [0.2, 0.25) is 0 Å². The fourth-order valence-electron chi connectivity index (χ4n) is 7.78. The molecule has 0 bridgehead atoms. The van der Waals surface area contributed by atoms with Crippen molar-refractivity contribution in [1.82, 2.24) is 9.13 Å². The van der Waals surface area contributed by atoms with E-state index in [-0.39, 0.29) is 10.8 Å². The first kappa shape index (κ1) is 30.2. The molecule has 0 saturated heterocycles. The highest BCUT2D eigenvalue weighted by molar-refractivity contribution is 9.10. The molecule has 0 N–H and O–H groups in total. The smallest absolute Gasteiger partial charge is 0.0656 e. The summed E-state index contributed by atoms with van der Waals surface area (Å²) in [6, 6.07) is 47.6. The topological polar surface area (TPSA) is 9.86 Å². The minimum absolute atomic E-state index is 0.0477. The molecule has 9 aromatic rings. The Hall–Kier alpha value is -4.86. The highest BCUT2D eigenvalue weighted by Gasteiger charge is 2.23. The summed E-state index contributed by atoms with van der Waals surface area (Å²) in [6.07, 6.45) is 0. The Bertz CT molecular complexity index is 2800. The monoisotopic (exact) mass is 698 g/mol. The molecule has 0 aliphatic carbocycles. The van der Waals surface area contributed by atoms with E-state index in [0.29, 0.717) is 0 Å². The molecule has 2 nitrogen and oxygen atoms in total. The van der Waals surface area contributed by atoms with E-state index in [0.717, 1.165) is 15.8 Å². The van der Waals surface area contributed by atoms with Crippen molar-refractivity contribution in [3.8, 4) is 11.4 Å². The van der Waals surface area contributed by atoms with Gasteiger partial charge in [-0.15, -0.1) is 0 Å². The summed E-state index contributed by atoms with van der Waals surface area (Å²) in [6.45, 7) is 13.8. The van der Waals surface area contributed by atoms with Crippen molar-refractivity contribution in [1.29, 1.82) is 0 Å². The lowest BCUT2D eigenvalue weighted by molar-refractivity contribution is 0.591. The lowest BCUT2D eigenvalue weighted by atomic mass is 9.86. The normalized spacial score (nSPS) is 12.8. The summed E-state index contributed by atoms with van der Waals surface area (Å²) >= 11 is 4.23. The van der Waals surface area contributed by atoms with E-state index in [4.69, 9.17) is 0 Å². The van der Waals surface area contributed by atoms with Crippen LogP contribution in [0.1, 0.15) is 52.7 Å². The molecule has 0 aliphatic heterocycles. The van der Waals surface area contributed by atoms with E-state index < -0.39 is 0 Å². The Morgan fingerprint density at radius 2 is 0.939 bits per heavy atom. The van der Waals surface area contributed by atoms with Gasteiger partial charge in [-0.25, -0.2) is 0 Å². The molecule has 0 fully saturated rings. The molecule has 9 rings (SSSR count). The Kier molecular flexibility index (Phi) is 6.52. The van der Waals surface area contributed by atoms with E-state index in [2.05, 4.69) is 194 Å². The number of hydrogen-bond donors (Lipinski definition) is 0. The third-order valence-corrected chi connectivity index (χ3v) is 11.3. The highest BCUT2D eigenvalue weighted by Crippen LogP contribution is 2.43. The lowest BCUT2D eigenvalue weighted by Gasteiger charge is -2.20. The van der Waals surface area contributed by atoms with E-state index in [1.54, 1.807) is 0 Å². The van der Waals surface area contributed by atoms with E-state index in [1.807, 2.05) is 0 Å². The largest absolute Gasteiger partial charge is 0.308 e. The SMILES string of the molecule is CC(C)(C)c1ccc2c(c1)c1cc3ccccc3cc1n2-c1cccc(-n2c3ccc(C(C)(C)C)cc3c3ccc4ccccc4c32)c1Br. The Morgan fingerprint density at radius 1 is 0.408 bits per heavy atom. The standard InChI is InChI=1S/C46H39BrN2/c1-45(2,3)31-20-23-39-36(26-31)34-21-18-28-12-9-10-15-33(28)44(34)49(39)41-17-11-16-40(43(41)47)48-38-22-19-32(46(4,5)6)27-37(38)35-24-29-13-7-8-14-30(29)25-42(35)48/h7-27H,1-6H3. The highest BCUT2D eigenvalue weighted by atomic mass is 79.9. The summed E-state index contributed by atoms with van der Waals surface area (Å²) in [5.74, 6) is 0. The van der Waals surface area contributed by atoms with Crippen LogP contribution in [0.25, 0.3) is 76.5 Å². The number of benzene rings is 7. The second kappa shape index (κ2) is 10.6. The minimum atomic E-state index is 0.0477. The summed E-state index contributed by atoms with van der Waals surface area (Å²) < 4.78 is 6.00. The third kappa shape index (κ3) is 4.59. The van der Waals surface area contributed by atoms with Gasteiger partial charge >= 0.3 is 0 Å². The predicted octanol–water partition coefficient (Wildman–Crippen LogP) is 13.5. The maximum atomic E-state index is 4.23. The zero-order chi connectivity index (χ0) is 33.8. The van der Waals surface area contributed by atoms with Gasteiger partial charge in [0.05, 0.1) is 37.9 Å². The van der Waals surface area contributed by atoms with Gasteiger partial charge in [-0.2, -0.15) is 0 Å². The Labute approximate surface area is 295 Å². The molecule has 2 heterocycles. The Morgan fingerprint density at radius 3 is 1.59 bits per heavy atom. The second-order valence-corrected chi connectivity index (χ2v) is 16.4. The van der Waals surface area contributed by atoms with Crippen LogP contribution >= 0.6 is 15.9 Å². The molecule has 2 aromatic heterocycles. The molecular formula is C46H39BrN2. The number of hydrogen-bond acceptors (Lipinski definition) is 0. The van der Waals surface area contributed by atoms with E-state index in [1.165, 1.54) is 76.3 Å². The summed E-state index contributed by atoms with van der Waals surface area (Å²) in [5.41, 5.74) is 9.88. The number of aromatic nitrogens is 2. The fourth-order valence-corrected chi connectivity index (χ4v) is 8.40. The minimum Gasteiger partial charge on any atom is -0.308 e. The molecule has 0 spiro atoms. The van der Waals surface area contributed by atoms with Crippen LogP contribution in [0.3, 0.4) is 0 Å². The summed E-state index contributed by atoms with van der Waals surface area (Å²) in [7, 11) is 0. The van der Waals surface area contributed by atoms with Gasteiger partial charge in [-0.3, -0.25) is 0 Å². The van der Waals surface area contributed by atoms with Gasteiger partial charge in [0, 0.05) is 26.9 Å². The van der Waals surface area contributed by atoms with Crippen molar-refractivity contribution in [3.63, 3.8) is 0 Å². The molecule has 0 saturated carbocycles. The van der Waals surface area contributed by atoms with Crippen LogP contribution < -0.4 is 0 Å². The van der Waals surface area contributed by atoms with Crippen molar-refractivity contribution in [2.24, 2.45) is 0 Å². The Balaban J connectivity index is 1.39. The van der Waals surface area contributed by atoms with E-state index in [9.17, 15) is 0 Å². The zero-order valence-corrected chi connectivity index (χ0v) is 30.5. The molecule has 7 aromatic carbocycles. The van der Waals surface area contributed by atoms with Crippen LogP contribution in [-0.2, 0) is 10.8 Å². The molecule has 0 atom stereocenters. The average Bonchev–Trinajstić information content (AvgIpc) is 3.58. The van der Waals surface area contributed by atoms with Crippen LogP contribution in [0, 0.1) is 0 Å². The van der Waals surface area contributed by atoms with Crippen LogP contribution in [0.2, 0.25) is 0 Å². The van der Waals surface area contributed by atoms with Gasteiger partial charge < -0.3 is 9.13 Å². The molecule has 0 unspecified atom stereocenters. The molecule has 0 amide bonds. The van der Waals surface area contributed by atoms with Gasteiger partial charge in [-0.05, 0) is 103 Å². The molecule has 3 heteroatoms. The van der Waals surface area contributed by atoms with Gasteiger partial charge in [0.15, 0.2) is 0 Å². The van der Waals surface area contributed by atoms with Gasteiger partial charge in [0.25, 0.3) is 0 Å². The van der Waals surface area contributed by atoms with Gasteiger partial charge in [-0.1, -0.05) is 120 Å². The maximum Gasteiger partial charge on any atom is 0.0656 e. The first-order valence-electron chi connectivity index (χ1n) is 17.2. The fraction of sp³-hybridized carbons (Fsp3) is 0.174. The number of fused-ring (bicyclic) bond motifs is 9. The summed E-state index contributed by atoms with van der Waals surface area (Å²) in [5, 5.41) is 10.1.